The second kappa shape index (κ2) is 4.37. The van der Waals surface area contributed by atoms with Crippen LogP contribution in [0.5, 0.6) is 0 Å². The molecule has 0 aliphatic carbocycles. The first-order chi connectivity index (χ1) is 8.06. The second-order valence-electron chi connectivity index (χ2n) is 3.93. The van der Waals surface area contributed by atoms with Crippen molar-refractivity contribution in [3.63, 3.8) is 0 Å². The summed E-state index contributed by atoms with van der Waals surface area (Å²) in [4.78, 5) is 11.7. The molecule has 0 saturated carbocycles. The molecule has 2 rings (SSSR count). The number of carbonyl (C=O) groups excluding carboxylic acids is 1. The average Bonchev–Trinajstić information content (AvgIpc) is 2.83. The largest absolute Gasteiger partial charge is 0.289 e. The lowest BCUT2D eigenvalue weighted by Gasteiger charge is -1.88. The van der Waals surface area contributed by atoms with Gasteiger partial charge in [0.25, 0.3) is 0 Å². The molecule has 2 aromatic rings. The zero-order valence-corrected chi connectivity index (χ0v) is 10.1. The van der Waals surface area contributed by atoms with Gasteiger partial charge in [0.1, 0.15) is 0 Å². The van der Waals surface area contributed by atoms with Crippen molar-refractivity contribution >= 4 is 11.9 Å². The van der Waals surface area contributed by atoms with Crippen LogP contribution in [0, 0.1) is 6.92 Å². The minimum atomic E-state index is -0.0681. The van der Waals surface area contributed by atoms with Crippen molar-refractivity contribution in [1.82, 2.24) is 19.6 Å². The molecule has 0 N–H and O–H groups in total. The first kappa shape index (κ1) is 11.3. The smallest absolute Gasteiger partial charge is 0.189 e. The Morgan fingerprint density at radius 3 is 2.71 bits per heavy atom. The molecule has 0 aliphatic heterocycles. The van der Waals surface area contributed by atoms with Crippen molar-refractivity contribution in [3.05, 3.63) is 41.5 Å². The summed E-state index contributed by atoms with van der Waals surface area (Å²) in [6, 6.07) is 1.92. The topological polar surface area (TPSA) is 52.7 Å². The van der Waals surface area contributed by atoms with Crippen LogP contribution in [0.3, 0.4) is 0 Å². The summed E-state index contributed by atoms with van der Waals surface area (Å²) in [7, 11) is 3.65. The van der Waals surface area contributed by atoms with Gasteiger partial charge in [-0.3, -0.25) is 14.2 Å². The van der Waals surface area contributed by atoms with E-state index in [4.69, 9.17) is 0 Å². The molecule has 5 heteroatoms. The van der Waals surface area contributed by atoms with Gasteiger partial charge in [0.2, 0.25) is 0 Å². The van der Waals surface area contributed by atoms with Gasteiger partial charge in [-0.05, 0) is 25.1 Å². The quantitative estimate of drug-likeness (QED) is 0.591. The predicted octanol–water partition coefficient (Wildman–Crippen LogP) is 1.36. The Morgan fingerprint density at radius 2 is 2.18 bits per heavy atom. The Bertz CT molecular complexity index is 558. The summed E-state index contributed by atoms with van der Waals surface area (Å²) in [5.74, 6) is -0.0681. The molecule has 0 spiro atoms. The van der Waals surface area contributed by atoms with E-state index in [0.29, 0.717) is 5.56 Å². The summed E-state index contributed by atoms with van der Waals surface area (Å²) in [5, 5.41) is 8.19. The number of hydrogen-bond acceptors (Lipinski definition) is 3. The molecule has 0 unspecified atom stereocenters. The van der Waals surface area contributed by atoms with E-state index in [1.54, 1.807) is 34.9 Å². The first-order valence-electron chi connectivity index (χ1n) is 5.28. The monoisotopic (exact) mass is 230 g/mol. The third-order valence-corrected chi connectivity index (χ3v) is 2.53. The third-order valence-electron chi connectivity index (χ3n) is 2.53. The Hall–Kier alpha value is -2.17. The van der Waals surface area contributed by atoms with E-state index in [1.165, 1.54) is 6.08 Å². The normalized spacial score (nSPS) is 11.2. The van der Waals surface area contributed by atoms with Crippen molar-refractivity contribution in [1.29, 1.82) is 0 Å². The summed E-state index contributed by atoms with van der Waals surface area (Å²) in [6.45, 7) is 1.97. The number of rotatable bonds is 3. The fraction of sp³-hybridized carbons (Fsp3) is 0.250. The van der Waals surface area contributed by atoms with Crippen LogP contribution in [0.1, 0.15) is 21.7 Å². The van der Waals surface area contributed by atoms with E-state index in [2.05, 4.69) is 10.2 Å². The minimum Gasteiger partial charge on any atom is -0.289 e. The molecule has 0 aliphatic rings. The number of aromatic nitrogens is 4. The molecule has 88 valence electrons. The second-order valence-corrected chi connectivity index (χ2v) is 3.93. The Morgan fingerprint density at radius 1 is 1.41 bits per heavy atom. The number of aryl methyl sites for hydroxylation is 3. The van der Waals surface area contributed by atoms with Gasteiger partial charge in [0.15, 0.2) is 5.78 Å². The third kappa shape index (κ3) is 2.50. The van der Waals surface area contributed by atoms with Crippen molar-refractivity contribution < 1.29 is 4.79 Å². The molecule has 0 fully saturated rings. The first-order valence-corrected chi connectivity index (χ1v) is 5.28. The average molecular weight is 230 g/mol. The molecule has 0 radical (unpaired) electrons. The fourth-order valence-electron chi connectivity index (χ4n) is 1.48. The highest BCUT2D eigenvalue weighted by Crippen LogP contribution is 2.05. The minimum absolute atomic E-state index is 0.0681. The van der Waals surface area contributed by atoms with Crippen LogP contribution < -0.4 is 0 Å². The number of allylic oxidation sites excluding steroid dienone is 1. The van der Waals surface area contributed by atoms with Crippen molar-refractivity contribution in [2.45, 2.75) is 6.92 Å². The van der Waals surface area contributed by atoms with Gasteiger partial charge in [-0.2, -0.15) is 10.2 Å². The lowest BCUT2D eigenvalue weighted by molar-refractivity contribution is 0.104. The maximum Gasteiger partial charge on any atom is 0.189 e. The van der Waals surface area contributed by atoms with Crippen LogP contribution >= 0.6 is 0 Å². The van der Waals surface area contributed by atoms with Crippen LogP contribution in [-0.2, 0) is 14.1 Å². The Kier molecular flexibility index (Phi) is 2.91. The zero-order valence-electron chi connectivity index (χ0n) is 10.1. The van der Waals surface area contributed by atoms with E-state index in [9.17, 15) is 4.79 Å². The maximum atomic E-state index is 11.7. The van der Waals surface area contributed by atoms with Crippen molar-refractivity contribution in [2.75, 3.05) is 0 Å². The van der Waals surface area contributed by atoms with E-state index < -0.39 is 0 Å². The van der Waals surface area contributed by atoms with Gasteiger partial charge in [0.05, 0.1) is 17.5 Å². The van der Waals surface area contributed by atoms with Crippen LogP contribution in [0.4, 0.5) is 0 Å². The van der Waals surface area contributed by atoms with E-state index in [1.807, 2.05) is 20.0 Å². The Balaban J connectivity index is 2.13. The van der Waals surface area contributed by atoms with E-state index in [-0.39, 0.29) is 5.78 Å². The van der Waals surface area contributed by atoms with Crippen LogP contribution in [0.15, 0.2) is 24.5 Å². The van der Waals surface area contributed by atoms with Gasteiger partial charge in [0, 0.05) is 26.0 Å². The number of carbonyl (C=O) groups is 1. The summed E-state index contributed by atoms with van der Waals surface area (Å²) in [5.41, 5.74) is 2.41. The van der Waals surface area contributed by atoms with Crippen LogP contribution in [0.25, 0.3) is 6.08 Å². The molecular weight excluding hydrogens is 216 g/mol. The van der Waals surface area contributed by atoms with Gasteiger partial charge in [-0.25, -0.2) is 0 Å². The highest BCUT2D eigenvalue weighted by molar-refractivity contribution is 6.06. The Labute approximate surface area is 99.4 Å². The van der Waals surface area contributed by atoms with Gasteiger partial charge < -0.3 is 0 Å². The van der Waals surface area contributed by atoms with Crippen molar-refractivity contribution in [3.8, 4) is 0 Å². The molecule has 0 amide bonds. The van der Waals surface area contributed by atoms with Gasteiger partial charge >= 0.3 is 0 Å². The molecule has 0 aromatic carbocycles. The highest BCUT2D eigenvalue weighted by atomic mass is 16.1. The van der Waals surface area contributed by atoms with Gasteiger partial charge in [-0.15, -0.1) is 0 Å². The number of ketones is 1. The predicted molar refractivity (Wildman–Crippen MR) is 64.5 cm³/mol. The van der Waals surface area contributed by atoms with Crippen molar-refractivity contribution in [2.24, 2.45) is 14.1 Å². The molecule has 2 aromatic heterocycles. The molecule has 5 nitrogen and oxygen atoms in total. The summed E-state index contributed by atoms with van der Waals surface area (Å²) < 4.78 is 3.38. The van der Waals surface area contributed by atoms with Crippen LogP contribution in [-0.4, -0.2) is 25.3 Å². The van der Waals surface area contributed by atoms with Crippen LogP contribution in [0.2, 0.25) is 0 Å². The zero-order chi connectivity index (χ0) is 12.4. The SMILES string of the molecule is Cc1cc(/C=C/C(=O)c2cnn(C)c2)nn1C. The molecular formula is C12H14N4O. The van der Waals surface area contributed by atoms with Gasteiger partial charge in [-0.1, -0.05) is 0 Å². The lowest BCUT2D eigenvalue weighted by Crippen LogP contribution is -1.93. The summed E-state index contributed by atoms with van der Waals surface area (Å²) >= 11 is 0. The fourth-order valence-corrected chi connectivity index (χ4v) is 1.48. The maximum absolute atomic E-state index is 11.7. The molecule has 2 heterocycles. The van der Waals surface area contributed by atoms with E-state index in [0.717, 1.165) is 11.4 Å². The standard InChI is InChI=1S/C12H14N4O/c1-9-6-11(14-16(9)3)4-5-12(17)10-7-13-15(2)8-10/h4-8H,1-3H3/b5-4+. The molecule has 0 atom stereocenters. The lowest BCUT2D eigenvalue weighted by atomic mass is 10.2. The highest BCUT2D eigenvalue weighted by Gasteiger charge is 2.04. The number of hydrogen-bond donors (Lipinski definition) is 0. The number of nitrogens with zero attached hydrogens (tertiary/aromatic N) is 4. The summed E-state index contributed by atoms with van der Waals surface area (Å²) in [6.07, 6.45) is 6.47. The molecule has 17 heavy (non-hydrogen) atoms. The molecule has 0 bridgehead atoms. The molecule has 0 saturated heterocycles. The van der Waals surface area contributed by atoms with E-state index >= 15 is 0 Å².